The third-order valence-electron chi connectivity index (χ3n) is 6.01. The first-order valence-corrected chi connectivity index (χ1v) is 10.6. The zero-order valence-electron chi connectivity index (χ0n) is 17.7. The largest absolute Gasteiger partial charge is 0.419 e. The number of para-hydroxylation sites is 1. The van der Waals surface area contributed by atoms with E-state index >= 15 is 0 Å². The van der Waals surface area contributed by atoms with Crippen molar-refractivity contribution < 1.29 is 9.21 Å². The van der Waals surface area contributed by atoms with Crippen LogP contribution in [0.2, 0.25) is 0 Å². The lowest BCUT2D eigenvalue weighted by atomic mass is 10.1. The van der Waals surface area contributed by atoms with Crippen molar-refractivity contribution in [1.82, 2.24) is 25.0 Å². The average Bonchev–Trinajstić information content (AvgIpc) is 3.46. The quantitative estimate of drug-likeness (QED) is 0.544. The molecule has 0 saturated carbocycles. The highest BCUT2D eigenvalue weighted by atomic mass is 16.4. The van der Waals surface area contributed by atoms with Gasteiger partial charge in [-0.2, -0.15) is 0 Å². The molecule has 2 aromatic heterocycles. The number of aryl methyl sites for hydroxylation is 1. The van der Waals surface area contributed by atoms with Gasteiger partial charge in [0.05, 0.1) is 6.04 Å². The molecule has 1 aliphatic rings. The summed E-state index contributed by atoms with van der Waals surface area (Å²) in [6.45, 7) is 6.97. The van der Waals surface area contributed by atoms with Crippen LogP contribution in [0.5, 0.6) is 0 Å². The summed E-state index contributed by atoms with van der Waals surface area (Å²) in [6.07, 6.45) is 0. The third-order valence-corrected chi connectivity index (χ3v) is 6.01. The van der Waals surface area contributed by atoms with E-state index in [0.717, 1.165) is 29.6 Å². The third kappa shape index (κ3) is 3.84. The number of aromatic amines is 1. The van der Waals surface area contributed by atoms with Crippen molar-refractivity contribution in [2.45, 2.75) is 19.9 Å². The lowest BCUT2D eigenvalue weighted by Gasteiger charge is -2.36. The monoisotopic (exact) mass is 415 g/mol. The van der Waals surface area contributed by atoms with Crippen molar-refractivity contribution in [3.8, 4) is 11.5 Å². The number of benzene rings is 2. The van der Waals surface area contributed by atoms with Gasteiger partial charge >= 0.3 is 0 Å². The van der Waals surface area contributed by atoms with Crippen LogP contribution in [0.4, 0.5) is 0 Å². The van der Waals surface area contributed by atoms with Crippen LogP contribution in [0.1, 0.15) is 34.9 Å². The summed E-state index contributed by atoms with van der Waals surface area (Å²) >= 11 is 0. The molecule has 0 aliphatic carbocycles. The van der Waals surface area contributed by atoms with Crippen molar-refractivity contribution >= 4 is 16.8 Å². The van der Waals surface area contributed by atoms with E-state index in [2.05, 4.69) is 27.0 Å². The molecular weight excluding hydrogens is 390 g/mol. The number of nitrogens with zero attached hydrogens (tertiary/aromatic N) is 4. The Bertz CT molecular complexity index is 1170. The van der Waals surface area contributed by atoms with E-state index in [9.17, 15) is 4.79 Å². The molecule has 158 valence electrons. The highest BCUT2D eigenvalue weighted by Gasteiger charge is 2.28. The summed E-state index contributed by atoms with van der Waals surface area (Å²) in [5.41, 5.74) is 3.74. The Morgan fingerprint density at radius 2 is 1.77 bits per heavy atom. The highest BCUT2D eigenvalue weighted by Crippen LogP contribution is 2.25. The van der Waals surface area contributed by atoms with Crippen LogP contribution in [0.25, 0.3) is 22.4 Å². The number of fused-ring (bicyclic) bond motifs is 1. The zero-order chi connectivity index (χ0) is 21.4. The molecule has 31 heavy (non-hydrogen) atoms. The standard InChI is InChI=1S/C24H25N5O2/c1-16-7-9-18(10-8-16)23-27-26-22(31-23)17(2)28-11-13-29(14-12-28)24(30)21-15-19-5-3-4-6-20(19)25-21/h3-10,15,17,25H,11-14H2,1-2H3. The van der Waals surface area contributed by atoms with E-state index in [0.29, 0.717) is 30.6 Å². The maximum Gasteiger partial charge on any atom is 0.270 e. The lowest BCUT2D eigenvalue weighted by Crippen LogP contribution is -2.49. The second-order valence-electron chi connectivity index (χ2n) is 8.09. The molecule has 1 saturated heterocycles. The van der Waals surface area contributed by atoms with Gasteiger partial charge in [0.1, 0.15) is 5.69 Å². The normalized spacial score (nSPS) is 16.0. The maximum atomic E-state index is 12.9. The highest BCUT2D eigenvalue weighted by molar-refractivity contribution is 5.98. The Labute approximate surface area is 180 Å². The van der Waals surface area contributed by atoms with Crippen LogP contribution in [0.15, 0.2) is 59.0 Å². The Kier molecular flexibility index (Phi) is 5.03. The lowest BCUT2D eigenvalue weighted by molar-refractivity contribution is 0.0554. The van der Waals surface area contributed by atoms with Crippen molar-refractivity contribution in [2.75, 3.05) is 26.2 Å². The molecule has 7 nitrogen and oxygen atoms in total. The van der Waals surface area contributed by atoms with E-state index in [1.807, 2.05) is 66.4 Å². The second kappa shape index (κ2) is 8.00. The van der Waals surface area contributed by atoms with Gasteiger partial charge in [-0.05, 0) is 38.1 Å². The molecule has 1 fully saturated rings. The van der Waals surface area contributed by atoms with E-state index in [4.69, 9.17) is 4.42 Å². The molecule has 5 rings (SSSR count). The summed E-state index contributed by atoms with van der Waals surface area (Å²) in [5.74, 6) is 1.18. The molecule has 1 amide bonds. The van der Waals surface area contributed by atoms with Gasteiger partial charge in [0.2, 0.25) is 11.8 Å². The van der Waals surface area contributed by atoms with Crippen LogP contribution in [-0.4, -0.2) is 57.1 Å². The number of H-pyrrole nitrogens is 1. The van der Waals surface area contributed by atoms with Crippen molar-refractivity contribution in [3.63, 3.8) is 0 Å². The van der Waals surface area contributed by atoms with Gasteiger partial charge < -0.3 is 14.3 Å². The fourth-order valence-electron chi connectivity index (χ4n) is 4.04. The predicted octanol–water partition coefficient (Wildman–Crippen LogP) is 4.05. The Balaban J connectivity index is 1.23. The first-order chi connectivity index (χ1) is 15.1. The molecule has 4 aromatic rings. The van der Waals surface area contributed by atoms with Gasteiger partial charge in [0.15, 0.2) is 0 Å². The van der Waals surface area contributed by atoms with Gasteiger partial charge in [0, 0.05) is 42.6 Å². The van der Waals surface area contributed by atoms with E-state index in [1.54, 1.807) is 0 Å². The number of rotatable bonds is 4. The van der Waals surface area contributed by atoms with Crippen LogP contribution < -0.4 is 0 Å². The van der Waals surface area contributed by atoms with Crippen LogP contribution in [0.3, 0.4) is 0 Å². The van der Waals surface area contributed by atoms with Gasteiger partial charge in [-0.1, -0.05) is 35.9 Å². The second-order valence-corrected chi connectivity index (χ2v) is 8.09. The summed E-state index contributed by atoms with van der Waals surface area (Å²) < 4.78 is 5.95. The fraction of sp³-hybridized carbons (Fsp3) is 0.292. The van der Waals surface area contributed by atoms with E-state index in [-0.39, 0.29) is 11.9 Å². The van der Waals surface area contributed by atoms with Crippen LogP contribution >= 0.6 is 0 Å². The number of amides is 1. The van der Waals surface area contributed by atoms with Gasteiger partial charge in [-0.15, -0.1) is 10.2 Å². The number of aromatic nitrogens is 3. The number of piperazine rings is 1. The Hall–Kier alpha value is -3.45. The van der Waals surface area contributed by atoms with Gasteiger partial charge in [0.25, 0.3) is 5.91 Å². The van der Waals surface area contributed by atoms with Crippen molar-refractivity contribution in [1.29, 1.82) is 0 Å². The van der Waals surface area contributed by atoms with Crippen LogP contribution in [-0.2, 0) is 0 Å². The molecular formula is C24H25N5O2. The summed E-state index contributed by atoms with van der Waals surface area (Å²) in [4.78, 5) is 20.4. The summed E-state index contributed by atoms with van der Waals surface area (Å²) in [5, 5.41) is 9.55. The number of carbonyl (C=O) groups excluding carboxylic acids is 1. The van der Waals surface area contributed by atoms with E-state index in [1.165, 1.54) is 5.56 Å². The number of nitrogens with one attached hydrogen (secondary N) is 1. The molecule has 1 unspecified atom stereocenters. The average molecular weight is 415 g/mol. The molecule has 1 atom stereocenters. The minimum absolute atomic E-state index is 0.00275. The number of carbonyl (C=O) groups is 1. The van der Waals surface area contributed by atoms with Crippen molar-refractivity contribution in [2.24, 2.45) is 0 Å². The molecule has 1 N–H and O–H groups in total. The smallest absolute Gasteiger partial charge is 0.270 e. The first-order valence-electron chi connectivity index (χ1n) is 10.6. The minimum atomic E-state index is -0.00275. The number of hydrogen-bond acceptors (Lipinski definition) is 5. The molecule has 3 heterocycles. The molecule has 0 bridgehead atoms. The molecule has 2 aromatic carbocycles. The zero-order valence-corrected chi connectivity index (χ0v) is 17.7. The maximum absolute atomic E-state index is 12.9. The van der Waals surface area contributed by atoms with Gasteiger partial charge in [-0.3, -0.25) is 9.69 Å². The molecule has 0 radical (unpaired) electrons. The SMILES string of the molecule is Cc1ccc(-c2nnc(C(C)N3CCN(C(=O)c4cc5ccccc5[nH]4)CC3)o2)cc1. The number of hydrogen-bond donors (Lipinski definition) is 1. The van der Waals surface area contributed by atoms with Gasteiger partial charge in [-0.25, -0.2) is 0 Å². The molecule has 0 spiro atoms. The predicted molar refractivity (Wildman–Crippen MR) is 119 cm³/mol. The molecule has 1 aliphatic heterocycles. The Morgan fingerprint density at radius 1 is 1.03 bits per heavy atom. The fourth-order valence-corrected chi connectivity index (χ4v) is 4.04. The molecule has 7 heteroatoms. The first kappa shape index (κ1) is 19.5. The van der Waals surface area contributed by atoms with E-state index < -0.39 is 0 Å². The minimum Gasteiger partial charge on any atom is -0.419 e. The van der Waals surface area contributed by atoms with Crippen molar-refractivity contribution in [3.05, 3.63) is 71.7 Å². The summed E-state index contributed by atoms with van der Waals surface area (Å²) in [6, 6.07) is 17.9. The van der Waals surface area contributed by atoms with Crippen LogP contribution in [0, 0.1) is 6.92 Å². The summed E-state index contributed by atoms with van der Waals surface area (Å²) in [7, 11) is 0. The topological polar surface area (TPSA) is 78.3 Å². The Morgan fingerprint density at radius 3 is 2.52 bits per heavy atom.